The Morgan fingerprint density at radius 2 is 1.84 bits per heavy atom. The number of rotatable bonds is 6. The molecule has 0 bridgehead atoms. The van der Waals surface area contributed by atoms with E-state index in [2.05, 4.69) is 5.32 Å². The lowest BCUT2D eigenvalue weighted by atomic mass is 10.1. The van der Waals surface area contributed by atoms with Crippen molar-refractivity contribution in [3.63, 3.8) is 0 Å². The van der Waals surface area contributed by atoms with Gasteiger partial charge in [-0.1, -0.05) is 60.1 Å². The third-order valence-corrected chi connectivity index (χ3v) is 4.83. The molecule has 0 saturated carbocycles. The van der Waals surface area contributed by atoms with Crippen molar-refractivity contribution in [2.45, 2.75) is 19.4 Å². The van der Waals surface area contributed by atoms with Crippen molar-refractivity contribution in [3.05, 3.63) is 70.7 Å². The van der Waals surface area contributed by atoms with Crippen LogP contribution in [0.4, 0.5) is 0 Å². The maximum absolute atomic E-state index is 12.3. The highest BCUT2D eigenvalue weighted by Gasteiger charge is 2.34. The molecule has 1 atom stereocenters. The average molecular weight is 357 g/mol. The molecule has 1 aliphatic rings. The van der Waals surface area contributed by atoms with Crippen LogP contribution in [0.2, 0.25) is 5.02 Å². The minimum Gasteiger partial charge on any atom is -0.355 e. The van der Waals surface area contributed by atoms with Gasteiger partial charge in [0.2, 0.25) is 11.8 Å². The van der Waals surface area contributed by atoms with Gasteiger partial charge < -0.3 is 10.2 Å². The topological polar surface area (TPSA) is 49.4 Å². The molecular formula is C20H21ClN2O2. The van der Waals surface area contributed by atoms with Crippen LogP contribution in [0.15, 0.2) is 54.6 Å². The second-order valence-corrected chi connectivity index (χ2v) is 6.70. The van der Waals surface area contributed by atoms with Crippen molar-refractivity contribution < 1.29 is 9.59 Å². The van der Waals surface area contributed by atoms with Crippen molar-refractivity contribution in [2.24, 2.45) is 5.92 Å². The zero-order valence-electron chi connectivity index (χ0n) is 14.0. The smallest absolute Gasteiger partial charge is 0.225 e. The zero-order valence-corrected chi connectivity index (χ0v) is 14.7. The molecule has 1 saturated heterocycles. The summed E-state index contributed by atoms with van der Waals surface area (Å²) >= 11 is 6.16. The molecule has 25 heavy (non-hydrogen) atoms. The van der Waals surface area contributed by atoms with Crippen molar-refractivity contribution in [3.8, 4) is 0 Å². The van der Waals surface area contributed by atoms with Crippen LogP contribution in [0.5, 0.6) is 0 Å². The molecule has 3 rings (SSSR count). The van der Waals surface area contributed by atoms with Gasteiger partial charge in [-0.2, -0.15) is 0 Å². The number of nitrogens with zero attached hydrogens (tertiary/aromatic N) is 1. The average Bonchev–Trinajstić information content (AvgIpc) is 2.99. The lowest BCUT2D eigenvalue weighted by molar-refractivity contribution is -0.129. The number of carbonyl (C=O) groups excluding carboxylic acids is 2. The predicted octanol–water partition coefficient (Wildman–Crippen LogP) is 3.05. The van der Waals surface area contributed by atoms with E-state index in [0.717, 1.165) is 12.0 Å². The van der Waals surface area contributed by atoms with E-state index in [1.54, 1.807) is 4.90 Å². The number of benzene rings is 2. The quantitative estimate of drug-likeness (QED) is 0.864. The van der Waals surface area contributed by atoms with Crippen molar-refractivity contribution in [1.29, 1.82) is 0 Å². The van der Waals surface area contributed by atoms with Crippen LogP contribution in [-0.2, 0) is 22.6 Å². The molecule has 1 aliphatic heterocycles. The monoisotopic (exact) mass is 356 g/mol. The summed E-state index contributed by atoms with van der Waals surface area (Å²) in [7, 11) is 0. The molecule has 5 heteroatoms. The molecule has 1 heterocycles. The first-order valence-corrected chi connectivity index (χ1v) is 8.84. The van der Waals surface area contributed by atoms with Gasteiger partial charge in [0.05, 0.1) is 5.92 Å². The Bertz CT molecular complexity index is 748. The van der Waals surface area contributed by atoms with Gasteiger partial charge in [-0.25, -0.2) is 0 Å². The van der Waals surface area contributed by atoms with E-state index in [1.807, 2.05) is 54.6 Å². The van der Waals surface area contributed by atoms with E-state index < -0.39 is 0 Å². The van der Waals surface area contributed by atoms with Crippen LogP contribution in [0.1, 0.15) is 17.5 Å². The Morgan fingerprint density at radius 1 is 1.12 bits per heavy atom. The number of hydrogen-bond donors (Lipinski definition) is 1. The first-order valence-electron chi connectivity index (χ1n) is 8.46. The highest BCUT2D eigenvalue weighted by molar-refractivity contribution is 6.31. The number of amides is 2. The third-order valence-electron chi connectivity index (χ3n) is 4.46. The SMILES string of the molecule is O=C(NCCc1ccccc1)C1CC(=O)N(Cc2ccccc2Cl)C1. The molecular weight excluding hydrogens is 336 g/mol. The van der Waals surface area contributed by atoms with Crippen molar-refractivity contribution in [2.75, 3.05) is 13.1 Å². The maximum Gasteiger partial charge on any atom is 0.225 e. The van der Waals surface area contributed by atoms with E-state index in [1.165, 1.54) is 5.56 Å². The van der Waals surface area contributed by atoms with Crippen LogP contribution in [0.25, 0.3) is 0 Å². The molecule has 1 fully saturated rings. The lowest BCUT2D eigenvalue weighted by Crippen LogP contribution is -2.34. The van der Waals surface area contributed by atoms with Crippen LogP contribution < -0.4 is 5.32 Å². The molecule has 0 radical (unpaired) electrons. The Hall–Kier alpha value is -2.33. The third kappa shape index (κ3) is 4.60. The van der Waals surface area contributed by atoms with Gasteiger partial charge in [-0.3, -0.25) is 9.59 Å². The Balaban J connectivity index is 1.50. The van der Waals surface area contributed by atoms with Gasteiger partial charge in [0.15, 0.2) is 0 Å². The summed E-state index contributed by atoms with van der Waals surface area (Å²) in [5.41, 5.74) is 2.09. The first-order chi connectivity index (χ1) is 12.1. The van der Waals surface area contributed by atoms with Gasteiger partial charge in [-0.05, 0) is 23.6 Å². The van der Waals surface area contributed by atoms with E-state index in [4.69, 9.17) is 11.6 Å². The van der Waals surface area contributed by atoms with E-state index in [9.17, 15) is 9.59 Å². The summed E-state index contributed by atoms with van der Waals surface area (Å²) < 4.78 is 0. The van der Waals surface area contributed by atoms with E-state index in [-0.39, 0.29) is 24.2 Å². The van der Waals surface area contributed by atoms with Crippen LogP contribution in [-0.4, -0.2) is 29.8 Å². The molecule has 2 aromatic rings. The molecule has 1 N–H and O–H groups in total. The fraction of sp³-hybridized carbons (Fsp3) is 0.300. The van der Waals surface area contributed by atoms with Crippen LogP contribution >= 0.6 is 11.6 Å². The molecule has 0 aromatic heterocycles. The fourth-order valence-electron chi connectivity index (χ4n) is 3.05. The normalized spacial score (nSPS) is 16.9. The molecule has 4 nitrogen and oxygen atoms in total. The second kappa shape index (κ2) is 8.17. The van der Waals surface area contributed by atoms with Crippen molar-refractivity contribution in [1.82, 2.24) is 10.2 Å². The number of halogens is 1. The highest BCUT2D eigenvalue weighted by Crippen LogP contribution is 2.23. The number of hydrogen-bond acceptors (Lipinski definition) is 2. The summed E-state index contributed by atoms with van der Waals surface area (Å²) in [6.07, 6.45) is 1.05. The lowest BCUT2D eigenvalue weighted by Gasteiger charge is -2.17. The van der Waals surface area contributed by atoms with E-state index >= 15 is 0 Å². The minimum absolute atomic E-state index is 0.00290. The van der Waals surface area contributed by atoms with Crippen LogP contribution in [0, 0.1) is 5.92 Å². The number of likely N-dealkylation sites (tertiary alicyclic amines) is 1. The first kappa shape index (κ1) is 17.5. The summed E-state index contributed by atoms with van der Waals surface area (Å²) in [6, 6.07) is 17.5. The van der Waals surface area contributed by atoms with Gasteiger partial charge >= 0.3 is 0 Å². The summed E-state index contributed by atoms with van der Waals surface area (Å²) in [5, 5.41) is 3.59. The number of carbonyl (C=O) groups is 2. The standard InChI is InChI=1S/C20H21ClN2O2/c21-18-9-5-4-8-16(18)13-23-14-17(12-19(23)24)20(25)22-11-10-15-6-2-1-3-7-15/h1-9,17H,10-14H2,(H,22,25). The Morgan fingerprint density at radius 3 is 2.60 bits per heavy atom. The van der Waals surface area contributed by atoms with Gasteiger partial charge in [0.1, 0.15) is 0 Å². The largest absolute Gasteiger partial charge is 0.355 e. The van der Waals surface area contributed by atoms with Crippen molar-refractivity contribution >= 4 is 23.4 Å². The Kier molecular flexibility index (Phi) is 5.71. The molecule has 130 valence electrons. The van der Waals surface area contributed by atoms with Crippen LogP contribution in [0.3, 0.4) is 0 Å². The molecule has 0 spiro atoms. The Labute approximate surface area is 152 Å². The van der Waals surface area contributed by atoms with E-state index in [0.29, 0.717) is 24.7 Å². The second-order valence-electron chi connectivity index (χ2n) is 6.29. The predicted molar refractivity (Wildman–Crippen MR) is 98.1 cm³/mol. The summed E-state index contributed by atoms with van der Waals surface area (Å²) in [5.74, 6) is -0.333. The number of nitrogens with one attached hydrogen (secondary N) is 1. The summed E-state index contributed by atoms with van der Waals surface area (Å²) in [4.78, 5) is 26.2. The fourth-order valence-corrected chi connectivity index (χ4v) is 3.25. The van der Waals surface area contributed by atoms with Gasteiger partial charge in [0, 0.05) is 31.1 Å². The molecule has 1 unspecified atom stereocenters. The van der Waals surface area contributed by atoms with Gasteiger partial charge in [-0.15, -0.1) is 0 Å². The molecule has 2 aromatic carbocycles. The summed E-state index contributed by atoms with van der Waals surface area (Å²) in [6.45, 7) is 1.48. The minimum atomic E-state index is -0.286. The maximum atomic E-state index is 12.3. The highest BCUT2D eigenvalue weighted by atomic mass is 35.5. The molecule has 2 amide bonds. The zero-order chi connectivity index (χ0) is 17.6. The molecule has 0 aliphatic carbocycles. The van der Waals surface area contributed by atoms with Gasteiger partial charge in [0.25, 0.3) is 0 Å².